The number of nitrogens with zero attached hydrogens (tertiary/aromatic N) is 3. The van der Waals surface area contributed by atoms with Crippen molar-refractivity contribution in [2.24, 2.45) is 0 Å². The SMILES string of the molecule is CCOC(=O)Nc1cccc(-c2cn3cc(NC(=O)OC(C)C)cnc3n2)c1. The van der Waals surface area contributed by atoms with E-state index in [-0.39, 0.29) is 6.10 Å². The van der Waals surface area contributed by atoms with Gasteiger partial charge in [-0.25, -0.2) is 19.6 Å². The average molecular weight is 383 g/mol. The van der Waals surface area contributed by atoms with Crippen molar-refractivity contribution < 1.29 is 19.1 Å². The van der Waals surface area contributed by atoms with Gasteiger partial charge in [0, 0.05) is 23.6 Å². The Hall–Kier alpha value is -3.62. The van der Waals surface area contributed by atoms with Crippen LogP contribution >= 0.6 is 0 Å². The van der Waals surface area contributed by atoms with Crippen LogP contribution < -0.4 is 10.6 Å². The number of fused-ring (bicyclic) bond motifs is 1. The summed E-state index contributed by atoms with van der Waals surface area (Å²) in [6.45, 7) is 5.58. The van der Waals surface area contributed by atoms with Crippen molar-refractivity contribution in [1.82, 2.24) is 14.4 Å². The number of rotatable bonds is 5. The van der Waals surface area contributed by atoms with Crippen LogP contribution in [0.4, 0.5) is 21.0 Å². The third-order valence-electron chi connectivity index (χ3n) is 3.58. The van der Waals surface area contributed by atoms with E-state index < -0.39 is 12.2 Å². The molecule has 0 spiro atoms. The van der Waals surface area contributed by atoms with Gasteiger partial charge in [0.15, 0.2) is 0 Å². The number of anilines is 2. The third-order valence-corrected chi connectivity index (χ3v) is 3.58. The molecule has 28 heavy (non-hydrogen) atoms. The first-order valence-corrected chi connectivity index (χ1v) is 8.81. The van der Waals surface area contributed by atoms with E-state index in [0.717, 1.165) is 5.56 Å². The fraction of sp³-hybridized carbons (Fsp3) is 0.263. The first kappa shape index (κ1) is 19.2. The molecular weight excluding hydrogens is 362 g/mol. The highest BCUT2D eigenvalue weighted by molar-refractivity contribution is 5.86. The number of aromatic nitrogens is 3. The molecule has 0 fully saturated rings. The van der Waals surface area contributed by atoms with Crippen molar-refractivity contribution in [3.63, 3.8) is 0 Å². The molecule has 0 aliphatic carbocycles. The number of benzene rings is 1. The molecule has 2 N–H and O–H groups in total. The number of hydrogen-bond donors (Lipinski definition) is 2. The fourth-order valence-electron chi connectivity index (χ4n) is 2.49. The van der Waals surface area contributed by atoms with Crippen molar-refractivity contribution in [3.8, 4) is 11.3 Å². The van der Waals surface area contributed by atoms with Crippen LogP contribution in [0.2, 0.25) is 0 Å². The summed E-state index contributed by atoms with van der Waals surface area (Å²) in [6.07, 6.45) is 3.71. The number of hydrogen-bond acceptors (Lipinski definition) is 6. The van der Waals surface area contributed by atoms with Crippen molar-refractivity contribution >= 4 is 29.3 Å². The van der Waals surface area contributed by atoms with E-state index >= 15 is 0 Å². The number of carbonyl (C=O) groups is 2. The van der Waals surface area contributed by atoms with Gasteiger partial charge in [-0.3, -0.25) is 15.0 Å². The smallest absolute Gasteiger partial charge is 0.411 e. The predicted molar refractivity (Wildman–Crippen MR) is 104 cm³/mol. The zero-order chi connectivity index (χ0) is 20.1. The summed E-state index contributed by atoms with van der Waals surface area (Å²) in [5, 5.41) is 5.28. The lowest BCUT2D eigenvalue weighted by Crippen LogP contribution is -2.18. The Bertz CT molecular complexity index is 999. The van der Waals surface area contributed by atoms with Crippen LogP contribution in [-0.2, 0) is 9.47 Å². The molecule has 2 amide bonds. The minimum Gasteiger partial charge on any atom is -0.450 e. The summed E-state index contributed by atoms with van der Waals surface area (Å²) < 4.78 is 11.6. The summed E-state index contributed by atoms with van der Waals surface area (Å²) in [6, 6.07) is 7.23. The quantitative estimate of drug-likeness (QED) is 0.691. The molecule has 3 aromatic rings. The highest BCUT2D eigenvalue weighted by Crippen LogP contribution is 2.23. The maximum atomic E-state index is 11.7. The number of carbonyl (C=O) groups excluding carboxylic acids is 2. The van der Waals surface area contributed by atoms with Crippen molar-refractivity contribution in [2.75, 3.05) is 17.2 Å². The lowest BCUT2D eigenvalue weighted by molar-refractivity contribution is 0.130. The second-order valence-electron chi connectivity index (χ2n) is 6.18. The van der Waals surface area contributed by atoms with E-state index in [1.807, 2.05) is 12.1 Å². The summed E-state index contributed by atoms with van der Waals surface area (Å²) in [5.41, 5.74) is 2.55. The normalized spacial score (nSPS) is 10.7. The van der Waals surface area contributed by atoms with Gasteiger partial charge in [0.1, 0.15) is 0 Å². The number of ether oxygens (including phenoxy) is 2. The Morgan fingerprint density at radius 2 is 1.93 bits per heavy atom. The van der Waals surface area contributed by atoms with Crippen molar-refractivity contribution in [3.05, 3.63) is 42.9 Å². The Kier molecular flexibility index (Phi) is 5.73. The molecule has 1 aromatic carbocycles. The van der Waals surface area contributed by atoms with E-state index in [1.54, 1.807) is 49.7 Å². The van der Waals surface area contributed by atoms with Gasteiger partial charge in [-0.2, -0.15) is 0 Å². The number of imidazole rings is 1. The molecule has 3 rings (SSSR count). The summed E-state index contributed by atoms with van der Waals surface area (Å²) >= 11 is 0. The molecule has 0 saturated carbocycles. The van der Waals surface area contributed by atoms with Crippen LogP contribution in [0, 0.1) is 0 Å². The number of amides is 2. The van der Waals surface area contributed by atoms with E-state index in [9.17, 15) is 9.59 Å². The van der Waals surface area contributed by atoms with Gasteiger partial charge in [0.05, 0.1) is 30.3 Å². The van der Waals surface area contributed by atoms with Crippen LogP contribution in [-0.4, -0.2) is 39.3 Å². The van der Waals surface area contributed by atoms with E-state index in [1.165, 1.54) is 6.20 Å². The summed E-state index contributed by atoms with van der Waals surface area (Å²) in [5.74, 6) is 0.474. The van der Waals surface area contributed by atoms with Crippen molar-refractivity contribution in [1.29, 1.82) is 0 Å². The van der Waals surface area contributed by atoms with Gasteiger partial charge in [-0.15, -0.1) is 0 Å². The average Bonchev–Trinajstić information content (AvgIpc) is 3.04. The predicted octanol–water partition coefficient (Wildman–Crippen LogP) is 3.92. The van der Waals surface area contributed by atoms with Gasteiger partial charge in [-0.05, 0) is 32.9 Å². The maximum Gasteiger partial charge on any atom is 0.411 e. The fourth-order valence-corrected chi connectivity index (χ4v) is 2.49. The first-order chi connectivity index (χ1) is 13.4. The second kappa shape index (κ2) is 8.38. The largest absolute Gasteiger partial charge is 0.450 e. The zero-order valence-corrected chi connectivity index (χ0v) is 15.8. The Morgan fingerprint density at radius 3 is 2.68 bits per heavy atom. The molecule has 9 heteroatoms. The molecule has 0 atom stereocenters. The molecule has 2 heterocycles. The van der Waals surface area contributed by atoms with Crippen molar-refractivity contribution in [2.45, 2.75) is 26.9 Å². The first-order valence-electron chi connectivity index (χ1n) is 8.81. The van der Waals surface area contributed by atoms with Crippen LogP contribution in [0.1, 0.15) is 20.8 Å². The molecule has 0 saturated heterocycles. The monoisotopic (exact) mass is 383 g/mol. The molecular formula is C19H21N5O4. The minimum atomic E-state index is -0.547. The zero-order valence-electron chi connectivity index (χ0n) is 15.8. The van der Waals surface area contributed by atoms with Crippen LogP contribution in [0.5, 0.6) is 0 Å². The van der Waals surface area contributed by atoms with Gasteiger partial charge in [0.2, 0.25) is 5.78 Å². The van der Waals surface area contributed by atoms with Crippen LogP contribution in [0.15, 0.2) is 42.9 Å². The maximum absolute atomic E-state index is 11.7. The van der Waals surface area contributed by atoms with Crippen LogP contribution in [0.3, 0.4) is 0 Å². The topological polar surface area (TPSA) is 107 Å². The lowest BCUT2D eigenvalue weighted by Gasteiger charge is -2.09. The lowest BCUT2D eigenvalue weighted by atomic mass is 10.1. The standard InChI is InChI=1S/C19H21N5O4/c1-4-27-18(25)21-14-7-5-6-13(8-14)16-11-24-10-15(9-20-17(24)23-16)22-19(26)28-12(2)3/h5-12H,4H2,1-3H3,(H,21,25)(H,22,26). The molecule has 0 bridgehead atoms. The van der Waals surface area contributed by atoms with E-state index in [2.05, 4.69) is 20.6 Å². The molecule has 0 unspecified atom stereocenters. The molecule has 9 nitrogen and oxygen atoms in total. The van der Waals surface area contributed by atoms with Gasteiger partial charge < -0.3 is 9.47 Å². The second-order valence-corrected chi connectivity index (χ2v) is 6.18. The Balaban J connectivity index is 1.80. The minimum absolute atomic E-state index is 0.216. The van der Waals surface area contributed by atoms with Gasteiger partial charge >= 0.3 is 12.2 Å². The molecule has 0 radical (unpaired) electrons. The van der Waals surface area contributed by atoms with E-state index in [4.69, 9.17) is 9.47 Å². The Labute approximate surface area is 161 Å². The van der Waals surface area contributed by atoms with Crippen LogP contribution in [0.25, 0.3) is 17.0 Å². The number of nitrogens with one attached hydrogen (secondary N) is 2. The van der Waals surface area contributed by atoms with Gasteiger partial charge in [0.25, 0.3) is 0 Å². The highest BCUT2D eigenvalue weighted by Gasteiger charge is 2.10. The summed E-state index contributed by atoms with van der Waals surface area (Å²) in [7, 11) is 0. The van der Waals surface area contributed by atoms with E-state index in [0.29, 0.717) is 29.5 Å². The molecule has 2 aromatic heterocycles. The molecule has 0 aliphatic rings. The highest BCUT2D eigenvalue weighted by atomic mass is 16.6. The van der Waals surface area contributed by atoms with Gasteiger partial charge in [-0.1, -0.05) is 12.1 Å². The summed E-state index contributed by atoms with van der Waals surface area (Å²) in [4.78, 5) is 32.0. The molecule has 146 valence electrons. The Morgan fingerprint density at radius 1 is 1.14 bits per heavy atom. The third kappa shape index (κ3) is 4.76. The molecule has 0 aliphatic heterocycles.